The number of carbonyl (C=O) groups is 2. The van der Waals surface area contributed by atoms with Crippen LogP contribution in [-0.2, 0) is 4.79 Å². The third-order valence-electron chi connectivity index (χ3n) is 4.44. The Bertz CT molecular complexity index is 757. The van der Waals surface area contributed by atoms with Gasteiger partial charge in [-0.1, -0.05) is 0 Å². The smallest absolute Gasteiger partial charge is 0.335 e. The zero-order valence-electron chi connectivity index (χ0n) is 15.7. The Kier molecular flexibility index (Phi) is 5.76. The van der Waals surface area contributed by atoms with E-state index < -0.39 is 12.0 Å². The molecular weight excluding hydrogens is 338 g/mol. The number of rotatable bonds is 6. The molecule has 0 bridgehead atoms. The minimum Gasteiger partial charge on any atom is -0.504 e. The molecule has 1 aliphatic rings. The van der Waals surface area contributed by atoms with E-state index in [2.05, 4.69) is 5.32 Å². The minimum absolute atomic E-state index is 0.0106. The highest BCUT2D eigenvalue weighted by atomic mass is 16.5. The van der Waals surface area contributed by atoms with Crippen molar-refractivity contribution in [3.8, 4) is 11.5 Å². The Morgan fingerprint density at radius 2 is 2.00 bits per heavy atom. The van der Waals surface area contributed by atoms with Crippen molar-refractivity contribution in [2.75, 3.05) is 34.3 Å². The van der Waals surface area contributed by atoms with Crippen LogP contribution in [0.1, 0.15) is 24.1 Å². The van der Waals surface area contributed by atoms with Crippen molar-refractivity contribution >= 4 is 12.0 Å². The molecule has 0 aliphatic carbocycles. The van der Waals surface area contributed by atoms with Gasteiger partial charge < -0.3 is 25.2 Å². The second kappa shape index (κ2) is 7.65. The van der Waals surface area contributed by atoms with E-state index in [-0.39, 0.29) is 23.1 Å². The lowest BCUT2D eigenvalue weighted by Crippen LogP contribution is -2.49. The van der Waals surface area contributed by atoms with Crippen molar-refractivity contribution in [1.29, 1.82) is 0 Å². The fourth-order valence-corrected chi connectivity index (χ4v) is 2.97. The molecule has 2 amide bonds. The summed E-state index contributed by atoms with van der Waals surface area (Å²) in [5.41, 5.74) is 1.56. The molecule has 1 unspecified atom stereocenters. The predicted molar refractivity (Wildman–Crippen MR) is 96.3 cm³/mol. The summed E-state index contributed by atoms with van der Waals surface area (Å²) >= 11 is 0. The van der Waals surface area contributed by atoms with Crippen molar-refractivity contribution < 1.29 is 24.5 Å². The lowest BCUT2D eigenvalue weighted by Gasteiger charge is -2.35. The van der Waals surface area contributed by atoms with Gasteiger partial charge in [0.15, 0.2) is 11.5 Å². The van der Waals surface area contributed by atoms with Gasteiger partial charge in [0.25, 0.3) is 0 Å². The molecule has 0 aromatic heterocycles. The second-order valence-electron chi connectivity index (χ2n) is 6.53. The highest BCUT2D eigenvalue weighted by Gasteiger charge is 2.36. The summed E-state index contributed by atoms with van der Waals surface area (Å²) < 4.78 is 5.15. The summed E-state index contributed by atoms with van der Waals surface area (Å²) in [6.45, 7) is 4.31. The first-order valence-corrected chi connectivity index (χ1v) is 8.21. The van der Waals surface area contributed by atoms with Crippen LogP contribution < -0.4 is 10.1 Å². The Morgan fingerprint density at radius 1 is 1.35 bits per heavy atom. The van der Waals surface area contributed by atoms with Crippen LogP contribution in [0.5, 0.6) is 11.5 Å². The molecule has 1 atom stereocenters. The number of carboxylic acids is 1. The van der Waals surface area contributed by atoms with Crippen molar-refractivity contribution in [1.82, 2.24) is 15.1 Å². The summed E-state index contributed by atoms with van der Waals surface area (Å²) in [5, 5.41) is 22.5. The van der Waals surface area contributed by atoms with Gasteiger partial charge in [-0.15, -0.1) is 0 Å². The van der Waals surface area contributed by atoms with Crippen LogP contribution in [-0.4, -0.2) is 66.3 Å². The molecule has 8 heteroatoms. The quantitative estimate of drug-likeness (QED) is 0.711. The zero-order valence-corrected chi connectivity index (χ0v) is 15.7. The number of nitrogens with zero attached hydrogens (tertiary/aromatic N) is 2. The minimum atomic E-state index is -1.10. The molecule has 1 aromatic carbocycles. The topological polar surface area (TPSA) is 102 Å². The average Bonchev–Trinajstić information content (AvgIpc) is 2.55. The number of methoxy groups -OCH3 is 1. The number of carboxylic acid groups (broad SMARTS) is 1. The molecule has 1 aromatic rings. The summed E-state index contributed by atoms with van der Waals surface area (Å²) in [6, 6.07) is 2.00. The molecule has 1 heterocycles. The van der Waals surface area contributed by atoms with E-state index >= 15 is 0 Å². The molecule has 0 saturated heterocycles. The number of aliphatic carboxylic acids is 1. The Balaban J connectivity index is 2.51. The molecule has 26 heavy (non-hydrogen) atoms. The second-order valence-corrected chi connectivity index (χ2v) is 6.53. The normalized spacial score (nSPS) is 17.5. The molecule has 2 rings (SSSR count). The summed E-state index contributed by atoms with van der Waals surface area (Å²) in [5.74, 6) is -0.887. The average molecular weight is 363 g/mol. The molecule has 0 fully saturated rings. The number of nitrogens with one attached hydrogen (secondary N) is 1. The molecule has 0 radical (unpaired) electrons. The van der Waals surface area contributed by atoms with Crippen LogP contribution in [0.3, 0.4) is 0 Å². The highest BCUT2D eigenvalue weighted by molar-refractivity contribution is 5.93. The third-order valence-corrected chi connectivity index (χ3v) is 4.44. The molecule has 1 aliphatic heterocycles. The van der Waals surface area contributed by atoms with Gasteiger partial charge in [-0.25, -0.2) is 9.59 Å². The number of hydrogen-bond donors (Lipinski definition) is 3. The van der Waals surface area contributed by atoms with E-state index in [0.29, 0.717) is 29.9 Å². The SMILES string of the molecule is COc1cc(C2NC(=O)N(CCN(C)C)C(C)=C2C(=O)O)cc(C)c1O. The van der Waals surface area contributed by atoms with Crippen LogP contribution in [0.2, 0.25) is 0 Å². The molecule has 3 N–H and O–H groups in total. The lowest BCUT2D eigenvalue weighted by molar-refractivity contribution is -0.133. The summed E-state index contributed by atoms with van der Waals surface area (Å²) in [7, 11) is 5.18. The van der Waals surface area contributed by atoms with Crippen molar-refractivity contribution in [3.63, 3.8) is 0 Å². The third kappa shape index (κ3) is 3.75. The number of phenolic OH excluding ortho intramolecular Hbond substituents is 1. The van der Waals surface area contributed by atoms with Gasteiger partial charge in [-0.2, -0.15) is 0 Å². The Morgan fingerprint density at radius 3 is 2.54 bits per heavy atom. The molecule has 142 valence electrons. The first-order chi connectivity index (χ1) is 12.2. The number of aryl methyl sites for hydroxylation is 1. The molecule has 0 saturated carbocycles. The number of amides is 2. The summed E-state index contributed by atoms with van der Waals surface area (Å²) in [4.78, 5) is 27.8. The van der Waals surface area contributed by atoms with Gasteiger partial charge >= 0.3 is 12.0 Å². The van der Waals surface area contributed by atoms with Gasteiger partial charge in [0.1, 0.15) is 0 Å². The van der Waals surface area contributed by atoms with Gasteiger partial charge in [0.2, 0.25) is 0 Å². The van der Waals surface area contributed by atoms with E-state index in [1.807, 2.05) is 19.0 Å². The monoisotopic (exact) mass is 363 g/mol. The van der Waals surface area contributed by atoms with E-state index in [0.717, 1.165) is 0 Å². The number of carbonyl (C=O) groups excluding carboxylic acids is 1. The van der Waals surface area contributed by atoms with Crippen LogP contribution in [0.15, 0.2) is 23.4 Å². The number of ether oxygens (including phenoxy) is 1. The maximum atomic E-state index is 12.6. The standard InChI is InChI=1S/C18H25N3O5/c1-10-8-12(9-13(26-5)16(10)22)15-14(17(23)24)11(2)21(18(25)19-15)7-6-20(3)4/h8-9,15,22H,6-7H2,1-5H3,(H,19,25)(H,23,24). The number of benzene rings is 1. The van der Waals surface area contributed by atoms with Crippen molar-refractivity contribution in [2.45, 2.75) is 19.9 Å². The largest absolute Gasteiger partial charge is 0.504 e. The van der Waals surface area contributed by atoms with E-state index in [1.165, 1.54) is 12.0 Å². The highest BCUT2D eigenvalue weighted by Crippen LogP contribution is 2.37. The van der Waals surface area contributed by atoms with Crippen molar-refractivity contribution in [2.24, 2.45) is 0 Å². The zero-order chi connectivity index (χ0) is 19.6. The van der Waals surface area contributed by atoms with Crippen molar-refractivity contribution in [3.05, 3.63) is 34.5 Å². The number of aromatic hydroxyl groups is 1. The van der Waals surface area contributed by atoms with Gasteiger partial charge in [0.05, 0.1) is 18.7 Å². The van der Waals surface area contributed by atoms with Gasteiger partial charge in [-0.05, 0) is 51.2 Å². The number of likely N-dealkylation sites (N-methyl/N-ethyl adjacent to an activating group) is 1. The van der Waals surface area contributed by atoms with Crippen LogP contribution in [0.4, 0.5) is 4.79 Å². The van der Waals surface area contributed by atoms with Gasteiger partial charge in [0, 0.05) is 18.8 Å². The fourth-order valence-electron chi connectivity index (χ4n) is 2.97. The molecule has 8 nitrogen and oxygen atoms in total. The number of urea groups is 1. The Labute approximate surface area is 152 Å². The number of hydrogen-bond acceptors (Lipinski definition) is 5. The first-order valence-electron chi connectivity index (χ1n) is 8.21. The van der Waals surface area contributed by atoms with Crippen LogP contribution >= 0.6 is 0 Å². The first kappa shape index (κ1) is 19.6. The van der Waals surface area contributed by atoms with Gasteiger partial charge in [-0.3, -0.25) is 4.90 Å². The van der Waals surface area contributed by atoms with E-state index in [9.17, 15) is 19.8 Å². The fraction of sp³-hybridized carbons (Fsp3) is 0.444. The predicted octanol–water partition coefficient (Wildman–Crippen LogP) is 1.70. The molecular formula is C18H25N3O5. The van der Waals surface area contributed by atoms with Crippen LogP contribution in [0, 0.1) is 6.92 Å². The maximum Gasteiger partial charge on any atom is 0.335 e. The summed E-state index contributed by atoms with van der Waals surface area (Å²) in [6.07, 6.45) is 0. The number of allylic oxidation sites excluding steroid dienone is 1. The van der Waals surface area contributed by atoms with Crippen LogP contribution in [0.25, 0.3) is 0 Å². The molecule has 0 spiro atoms. The van der Waals surface area contributed by atoms with E-state index in [1.54, 1.807) is 26.0 Å². The van der Waals surface area contributed by atoms with E-state index in [4.69, 9.17) is 4.74 Å². The Hall–Kier alpha value is -2.74. The number of phenols is 1. The maximum absolute atomic E-state index is 12.6. The lowest BCUT2D eigenvalue weighted by atomic mass is 9.93.